The zero-order valence-corrected chi connectivity index (χ0v) is 11.0. The van der Waals surface area contributed by atoms with Crippen molar-refractivity contribution in [3.8, 4) is 0 Å². The summed E-state index contributed by atoms with van der Waals surface area (Å²) in [6.07, 6.45) is 0. The van der Waals surface area contributed by atoms with Crippen molar-refractivity contribution in [1.29, 1.82) is 0 Å². The first kappa shape index (κ1) is 11.3. The number of rotatable bonds is 3. The maximum atomic E-state index is 10.7. The number of hydrogen-bond donors (Lipinski definition) is 1. The van der Waals surface area contributed by atoms with Gasteiger partial charge in [-0.1, -0.05) is 0 Å². The molecule has 2 nitrogen and oxygen atoms in total. The van der Waals surface area contributed by atoms with Gasteiger partial charge in [-0.15, -0.1) is 0 Å². The van der Waals surface area contributed by atoms with Crippen LogP contribution < -0.4 is 9.67 Å². The Morgan fingerprint density at radius 3 is 2.50 bits per heavy atom. The Balaban J connectivity index is 2.56. The first-order chi connectivity index (χ1) is 6.59. The second kappa shape index (κ2) is 5.21. The molecule has 0 saturated heterocycles. The van der Waals surface area contributed by atoms with Gasteiger partial charge in [0.05, 0.1) is 0 Å². The van der Waals surface area contributed by atoms with Crippen LogP contribution in [0.25, 0.3) is 0 Å². The van der Waals surface area contributed by atoms with Crippen LogP contribution in [0.4, 0.5) is 0 Å². The van der Waals surface area contributed by atoms with E-state index in [1.54, 1.807) is 23.8 Å². The fourth-order valence-corrected chi connectivity index (χ4v) is 1.64. The van der Waals surface area contributed by atoms with Gasteiger partial charge in [0.15, 0.2) is 0 Å². The first-order valence-electron chi connectivity index (χ1n) is 4.69. The number of nitrogens with one attached hydrogen (secondary N) is 1. The van der Waals surface area contributed by atoms with Crippen molar-refractivity contribution < 1.29 is 4.79 Å². The summed E-state index contributed by atoms with van der Waals surface area (Å²) in [5, 5.41) is 2.82. The summed E-state index contributed by atoms with van der Waals surface area (Å²) in [7, 11) is 0. The second-order valence-electron chi connectivity index (χ2n) is 3.50. The van der Waals surface area contributed by atoms with Crippen molar-refractivity contribution in [3.05, 3.63) is 29.8 Å². The SMILES string of the molecule is CC(=O)NCC(C)c1ccc([AsH2])cc1. The molecule has 0 radical (unpaired) electrons. The molecule has 0 aliphatic rings. The van der Waals surface area contributed by atoms with Gasteiger partial charge >= 0.3 is 93.4 Å². The van der Waals surface area contributed by atoms with Crippen LogP contribution in [0.1, 0.15) is 25.3 Å². The van der Waals surface area contributed by atoms with Crippen molar-refractivity contribution in [1.82, 2.24) is 5.32 Å². The van der Waals surface area contributed by atoms with Gasteiger partial charge in [-0.3, -0.25) is 0 Å². The fraction of sp³-hybridized carbons (Fsp3) is 0.364. The first-order valence-corrected chi connectivity index (χ1v) is 5.90. The van der Waals surface area contributed by atoms with E-state index < -0.39 is 0 Å². The predicted molar refractivity (Wildman–Crippen MR) is 61.7 cm³/mol. The van der Waals surface area contributed by atoms with Crippen molar-refractivity contribution >= 4 is 27.1 Å². The molecule has 0 aromatic heterocycles. The monoisotopic (exact) mass is 253 g/mol. The van der Waals surface area contributed by atoms with Crippen LogP contribution in [0.5, 0.6) is 0 Å². The van der Waals surface area contributed by atoms with Crippen LogP contribution in [-0.4, -0.2) is 29.3 Å². The summed E-state index contributed by atoms with van der Waals surface area (Å²) < 4.78 is 1.33. The third kappa shape index (κ3) is 3.55. The van der Waals surface area contributed by atoms with Crippen LogP contribution in [0, 0.1) is 0 Å². The summed E-state index contributed by atoms with van der Waals surface area (Å²) >= 11 is 1.63. The molecule has 2 unspecified atom stereocenters. The molecule has 1 rings (SSSR count). The van der Waals surface area contributed by atoms with Crippen molar-refractivity contribution in [3.63, 3.8) is 0 Å². The minimum atomic E-state index is 0.0345. The van der Waals surface area contributed by atoms with Gasteiger partial charge in [0.25, 0.3) is 0 Å². The Hall–Kier alpha value is -0.752. The molecule has 0 aliphatic carbocycles. The van der Waals surface area contributed by atoms with Crippen LogP contribution in [-0.2, 0) is 4.79 Å². The van der Waals surface area contributed by atoms with E-state index in [4.69, 9.17) is 0 Å². The van der Waals surface area contributed by atoms with E-state index in [1.165, 1.54) is 9.91 Å². The van der Waals surface area contributed by atoms with Crippen molar-refractivity contribution in [2.45, 2.75) is 19.8 Å². The predicted octanol–water partition coefficient (Wildman–Crippen LogP) is 0.185. The average molecular weight is 253 g/mol. The van der Waals surface area contributed by atoms with Gasteiger partial charge in [0.1, 0.15) is 0 Å². The van der Waals surface area contributed by atoms with E-state index in [-0.39, 0.29) is 5.91 Å². The molecule has 76 valence electrons. The van der Waals surface area contributed by atoms with Crippen LogP contribution in [0.15, 0.2) is 24.3 Å². The number of carbonyl (C=O) groups excluding carboxylic acids is 1. The number of hydrogen-bond acceptors (Lipinski definition) is 1. The van der Waals surface area contributed by atoms with E-state index >= 15 is 0 Å². The summed E-state index contributed by atoms with van der Waals surface area (Å²) in [6.45, 7) is 4.37. The molecule has 1 aromatic carbocycles. The average Bonchev–Trinajstić information content (AvgIpc) is 2.15. The van der Waals surface area contributed by atoms with E-state index in [2.05, 4.69) is 36.5 Å². The third-order valence-electron chi connectivity index (χ3n) is 2.16. The zero-order chi connectivity index (χ0) is 10.6. The molecule has 2 atom stereocenters. The van der Waals surface area contributed by atoms with E-state index in [0.717, 1.165) is 0 Å². The number of carbonyl (C=O) groups is 1. The van der Waals surface area contributed by atoms with Gasteiger partial charge in [0.2, 0.25) is 0 Å². The Morgan fingerprint density at radius 1 is 1.43 bits per heavy atom. The molecular formula is C11H16AsNO. The molecule has 1 aromatic rings. The third-order valence-corrected chi connectivity index (χ3v) is 2.97. The van der Waals surface area contributed by atoms with Gasteiger partial charge < -0.3 is 0 Å². The van der Waals surface area contributed by atoms with Gasteiger partial charge in [-0.2, -0.15) is 0 Å². The molecule has 1 amide bonds. The molecule has 0 saturated carbocycles. The van der Waals surface area contributed by atoms with Crippen LogP contribution in [0.2, 0.25) is 0 Å². The maximum absolute atomic E-state index is 10.7. The second-order valence-corrected chi connectivity index (χ2v) is 4.90. The molecule has 14 heavy (non-hydrogen) atoms. The number of benzene rings is 1. The van der Waals surface area contributed by atoms with Crippen molar-refractivity contribution in [2.75, 3.05) is 6.54 Å². The zero-order valence-electron chi connectivity index (χ0n) is 8.58. The standard InChI is InChI=1S/C11H16AsNO/c1-8(7-13-9(2)14)10-3-5-11(12)6-4-10/h3-6,8H,7,12H2,1-2H3,(H,13,14). The fourth-order valence-electron chi connectivity index (χ4n) is 1.24. The van der Waals surface area contributed by atoms with Gasteiger partial charge in [-0.05, 0) is 0 Å². The number of amides is 1. The molecular weight excluding hydrogens is 237 g/mol. The molecule has 0 fully saturated rings. The summed E-state index contributed by atoms with van der Waals surface area (Å²) in [5.74, 6) is 0.416. The minimum absolute atomic E-state index is 0.0345. The summed E-state index contributed by atoms with van der Waals surface area (Å²) in [5.41, 5.74) is 1.28. The molecule has 0 heterocycles. The Bertz CT molecular complexity index is 308. The van der Waals surface area contributed by atoms with Gasteiger partial charge in [-0.25, -0.2) is 0 Å². The van der Waals surface area contributed by atoms with E-state index in [1.807, 2.05) is 0 Å². The Labute approximate surface area is 93.6 Å². The quantitative estimate of drug-likeness (QED) is 0.765. The van der Waals surface area contributed by atoms with Crippen molar-refractivity contribution in [2.24, 2.45) is 0 Å². The van der Waals surface area contributed by atoms with Crippen LogP contribution in [0.3, 0.4) is 0 Å². The summed E-state index contributed by atoms with van der Waals surface area (Å²) in [4.78, 5) is 10.7. The molecule has 1 N–H and O–H groups in total. The Morgan fingerprint density at radius 2 is 2.00 bits per heavy atom. The van der Waals surface area contributed by atoms with E-state index in [9.17, 15) is 4.79 Å². The van der Waals surface area contributed by atoms with Gasteiger partial charge in [0, 0.05) is 0 Å². The molecule has 3 heteroatoms. The van der Waals surface area contributed by atoms with Crippen LogP contribution >= 0.6 is 0 Å². The molecule has 0 spiro atoms. The topological polar surface area (TPSA) is 29.1 Å². The van der Waals surface area contributed by atoms with E-state index in [0.29, 0.717) is 12.5 Å². The molecule has 0 aliphatic heterocycles. The Kier molecular flexibility index (Phi) is 4.21. The molecule has 0 bridgehead atoms. The normalized spacial score (nSPS) is 12.2. The summed E-state index contributed by atoms with van der Waals surface area (Å²) in [6, 6.07) is 8.51.